The second-order valence-electron chi connectivity index (χ2n) is 7.15. The van der Waals surface area contributed by atoms with Gasteiger partial charge in [0.25, 0.3) is 6.43 Å². The number of rotatable bonds is 4. The molecule has 4 aromatic rings. The molecule has 7 heteroatoms. The molecule has 0 spiro atoms. The van der Waals surface area contributed by atoms with Crippen LogP contribution in [0.4, 0.5) is 13.2 Å². The van der Waals surface area contributed by atoms with Gasteiger partial charge in [0.15, 0.2) is 5.65 Å². The summed E-state index contributed by atoms with van der Waals surface area (Å²) in [5, 5.41) is 5.57. The van der Waals surface area contributed by atoms with Gasteiger partial charge in [-0.3, -0.25) is 0 Å². The molecule has 0 aliphatic heterocycles. The fourth-order valence-electron chi connectivity index (χ4n) is 3.52. The first-order valence-electron chi connectivity index (χ1n) is 9.25. The molecule has 3 nitrogen and oxygen atoms in total. The number of nitrogens with zero attached hydrogens (tertiary/aromatic N) is 3. The van der Waals surface area contributed by atoms with Gasteiger partial charge < -0.3 is 0 Å². The minimum Gasteiger partial charge on any atom is -0.228 e. The number of hydrogen-bond donors (Lipinski definition) is 0. The fraction of sp³-hybridized carbons (Fsp3) is 0.182. The van der Waals surface area contributed by atoms with Crippen LogP contribution in [-0.2, 0) is 0 Å². The van der Waals surface area contributed by atoms with Gasteiger partial charge in [0.2, 0.25) is 0 Å². The fourth-order valence-corrected chi connectivity index (χ4v) is 3.64. The number of aromatic nitrogens is 3. The van der Waals surface area contributed by atoms with Crippen molar-refractivity contribution in [2.45, 2.75) is 25.2 Å². The lowest BCUT2D eigenvalue weighted by molar-refractivity contribution is 0.153. The van der Waals surface area contributed by atoms with Crippen LogP contribution < -0.4 is 0 Å². The molecule has 0 unspecified atom stereocenters. The molecule has 2 aromatic heterocycles. The van der Waals surface area contributed by atoms with Gasteiger partial charge in [-0.1, -0.05) is 23.7 Å². The van der Waals surface area contributed by atoms with E-state index in [1.807, 2.05) is 0 Å². The van der Waals surface area contributed by atoms with Crippen LogP contribution >= 0.6 is 11.6 Å². The average molecular weight is 414 g/mol. The summed E-state index contributed by atoms with van der Waals surface area (Å²) < 4.78 is 43.0. The van der Waals surface area contributed by atoms with Crippen LogP contribution in [0.3, 0.4) is 0 Å². The molecule has 0 bridgehead atoms. The topological polar surface area (TPSA) is 30.7 Å². The summed E-state index contributed by atoms with van der Waals surface area (Å²) in [6.07, 6.45) is -0.844. The second-order valence-corrected chi connectivity index (χ2v) is 7.59. The quantitative estimate of drug-likeness (QED) is 0.373. The highest BCUT2D eigenvalue weighted by molar-refractivity contribution is 6.30. The van der Waals surface area contributed by atoms with E-state index in [-0.39, 0.29) is 17.3 Å². The van der Waals surface area contributed by atoms with Gasteiger partial charge in [-0.15, -0.1) is 0 Å². The molecule has 0 radical (unpaired) electrons. The lowest BCUT2D eigenvalue weighted by Gasteiger charge is -2.09. The molecule has 1 saturated carbocycles. The first-order chi connectivity index (χ1) is 14.0. The Hall–Kier alpha value is -2.86. The SMILES string of the molecule is Fc1ccc(-n2nc(C3CC3)c3c(C(F)F)cc(-c4ccc(Cl)cc4)nc32)cc1. The number of halogens is 4. The van der Waals surface area contributed by atoms with Gasteiger partial charge in [0, 0.05) is 22.1 Å². The largest absolute Gasteiger partial charge is 0.264 e. The second kappa shape index (κ2) is 6.88. The molecule has 2 heterocycles. The smallest absolute Gasteiger partial charge is 0.228 e. The monoisotopic (exact) mass is 413 g/mol. The molecule has 2 aromatic carbocycles. The predicted molar refractivity (Wildman–Crippen MR) is 106 cm³/mol. The zero-order chi connectivity index (χ0) is 20.1. The van der Waals surface area contributed by atoms with E-state index in [2.05, 4.69) is 10.1 Å². The zero-order valence-electron chi connectivity index (χ0n) is 15.1. The van der Waals surface area contributed by atoms with E-state index in [9.17, 15) is 13.2 Å². The Kier molecular flexibility index (Phi) is 4.32. The van der Waals surface area contributed by atoms with Crippen molar-refractivity contribution in [3.8, 4) is 16.9 Å². The summed E-state index contributed by atoms with van der Waals surface area (Å²) in [4.78, 5) is 4.68. The van der Waals surface area contributed by atoms with Crippen molar-refractivity contribution >= 4 is 22.6 Å². The maximum absolute atomic E-state index is 14.0. The first kappa shape index (κ1) is 18.2. The van der Waals surface area contributed by atoms with Crippen molar-refractivity contribution in [2.75, 3.05) is 0 Å². The Morgan fingerprint density at radius 3 is 2.31 bits per heavy atom. The van der Waals surface area contributed by atoms with Gasteiger partial charge in [-0.25, -0.2) is 22.8 Å². The molecule has 1 aliphatic rings. The molecule has 0 atom stereocenters. The van der Waals surface area contributed by atoms with E-state index in [1.165, 1.54) is 22.9 Å². The van der Waals surface area contributed by atoms with Crippen LogP contribution in [0.1, 0.15) is 36.4 Å². The van der Waals surface area contributed by atoms with Crippen LogP contribution in [0.2, 0.25) is 5.02 Å². The summed E-state index contributed by atoms with van der Waals surface area (Å²) in [7, 11) is 0. The van der Waals surface area contributed by atoms with Crippen LogP contribution in [0.25, 0.3) is 28.0 Å². The molecule has 5 rings (SSSR count). The molecule has 0 amide bonds. The lowest BCUT2D eigenvalue weighted by atomic mass is 10.0. The van der Waals surface area contributed by atoms with Gasteiger partial charge >= 0.3 is 0 Å². The van der Waals surface area contributed by atoms with Crippen molar-refractivity contribution in [1.82, 2.24) is 14.8 Å². The number of benzene rings is 2. The third-order valence-corrected chi connectivity index (χ3v) is 5.36. The summed E-state index contributed by atoms with van der Waals surface area (Å²) in [6.45, 7) is 0. The number of alkyl halides is 2. The standard InChI is InChI=1S/C22H15ClF3N3/c23-14-5-3-12(4-6-14)18-11-17(21(25)26)19-20(13-1-2-13)28-29(22(19)27-18)16-9-7-15(24)8-10-16/h3-11,13,21H,1-2H2. The Labute approximate surface area is 169 Å². The minimum atomic E-state index is -2.67. The number of pyridine rings is 1. The van der Waals surface area contributed by atoms with E-state index in [4.69, 9.17) is 11.6 Å². The van der Waals surface area contributed by atoms with Gasteiger partial charge in [0.1, 0.15) is 5.82 Å². The van der Waals surface area contributed by atoms with Crippen molar-refractivity contribution < 1.29 is 13.2 Å². The average Bonchev–Trinajstić information content (AvgIpc) is 3.49. The maximum atomic E-state index is 14.0. The van der Waals surface area contributed by atoms with Crippen LogP contribution in [-0.4, -0.2) is 14.8 Å². The third-order valence-electron chi connectivity index (χ3n) is 5.11. The Balaban J connectivity index is 1.80. The van der Waals surface area contributed by atoms with E-state index in [0.717, 1.165) is 12.8 Å². The van der Waals surface area contributed by atoms with Crippen LogP contribution in [0, 0.1) is 5.82 Å². The molecule has 0 saturated heterocycles. The molecule has 1 aliphatic carbocycles. The number of hydrogen-bond acceptors (Lipinski definition) is 2. The first-order valence-corrected chi connectivity index (χ1v) is 9.62. The van der Waals surface area contributed by atoms with E-state index in [1.54, 1.807) is 36.4 Å². The van der Waals surface area contributed by atoms with Crippen molar-refractivity contribution in [2.24, 2.45) is 0 Å². The van der Waals surface area contributed by atoms with Crippen LogP contribution in [0.5, 0.6) is 0 Å². The predicted octanol–water partition coefficient (Wildman–Crippen LogP) is 6.70. The molecular weight excluding hydrogens is 399 g/mol. The van der Waals surface area contributed by atoms with Gasteiger partial charge in [-0.05, 0) is 55.3 Å². The summed E-state index contributed by atoms with van der Waals surface area (Å²) >= 11 is 5.95. The highest BCUT2D eigenvalue weighted by Gasteiger charge is 2.33. The highest BCUT2D eigenvalue weighted by Crippen LogP contribution is 2.45. The zero-order valence-corrected chi connectivity index (χ0v) is 15.9. The normalized spacial score (nSPS) is 14.1. The van der Waals surface area contributed by atoms with E-state index >= 15 is 0 Å². The third kappa shape index (κ3) is 3.27. The van der Waals surface area contributed by atoms with Gasteiger partial charge in [-0.2, -0.15) is 5.10 Å². The summed E-state index contributed by atoms with van der Waals surface area (Å²) in [6, 6.07) is 14.1. The molecule has 0 N–H and O–H groups in total. The Morgan fingerprint density at radius 2 is 1.69 bits per heavy atom. The Bertz CT molecular complexity index is 1200. The lowest BCUT2D eigenvalue weighted by Crippen LogP contribution is -2.00. The molecule has 146 valence electrons. The Morgan fingerprint density at radius 1 is 1.00 bits per heavy atom. The molecule has 29 heavy (non-hydrogen) atoms. The minimum absolute atomic E-state index is 0.0878. The van der Waals surface area contributed by atoms with Crippen molar-refractivity contribution in [1.29, 1.82) is 0 Å². The van der Waals surface area contributed by atoms with E-state index in [0.29, 0.717) is 38.7 Å². The maximum Gasteiger partial charge on any atom is 0.264 e. The van der Waals surface area contributed by atoms with Gasteiger partial charge in [0.05, 0.1) is 22.5 Å². The molecule has 1 fully saturated rings. The van der Waals surface area contributed by atoms with Crippen LogP contribution in [0.15, 0.2) is 54.6 Å². The summed E-state index contributed by atoms with van der Waals surface area (Å²) in [5.74, 6) is -0.226. The van der Waals surface area contributed by atoms with Crippen molar-refractivity contribution in [3.05, 3.63) is 76.7 Å². The molecular formula is C22H15ClF3N3. The summed E-state index contributed by atoms with van der Waals surface area (Å²) in [5.41, 5.74) is 2.56. The number of fused-ring (bicyclic) bond motifs is 1. The van der Waals surface area contributed by atoms with Crippen molar-refractivity contribution in [3.63, 3.8) is 0 Å². The van der Waals surface area contributed by atoms with E-state index < -0.39 is 6.43 Å². The highest BCUT2D eigenvalue weighted by atomic mass is 35.5.